The molecule has 162 valence electrons. The van der Waals surface area contributed by atoms with E-state index in [-0.39, 0.29) is 28.2 Å². The zero-order chi connectivity index (χ0) is 22.4. The van der Waals surface area contributed by atoms with Gasteiger partial charge in [-0.25, -0.2) is 13.1 Å². The van der Waals surface area contributed by atoms with Crippen LogP contribution in [0.5, 0.6) is 5.75 Å². The lowest BCUT2D eigenvalue weighted by atomic mass is 10.1. The second kappa shape index (κ2) is 10.3. The number of nitrogens with one attached hydrogen (secondary N) is 2. The molecule has 0 saturated heterocycles. The number of para-hydroxylation sites is 1. The van der Waals surface area contributed by atoms with Crippen LogP contribution in [0, 0.1) is 0 Å². The van der Waals surface area contributed by atoms with Gasteiger partial charge in [0.05, 0.1) is 15.6 Å². The van der Waals surface area contributed by atoms with Crippen molar-refractivity contribution in [2.75, 3.05) is 11.9 Å². The predicted octanol–water partition coefficient (Wildman–Crippen LogP) is 5.16. The van der Waals surface area contributed by atoms with E-state index < -0.39 is 16.1 Å². The quantitative estimate of drug-likeness (QED) is 0.427. The van der Waals surface area contributed by atoms with Crippen LogP contribution in [0.2, 0.25) is 5.02 Å². The third-order valence-corrected chi connectivity index (χ3v) is 6.88. The molecule has 0 fully saturated rings. The topological polar surface area (TPSA) is 84.5 Å². The van der Waals surface area contributed by atoms with Crippen molar-refractivity contribution in [2.24, 2.45) is 0 Å². The number of anilines is 1. The van der Waals surface area contributed by atoms with Gasteiger partial charge < -0.3 is 10.1 Å². The highest BCUT2D eigenvalue weighted by Crippen LogP contribution is 2.28. The lowest BCUT2D eigenvalue weighted by molar-refractivity contribution is -0.118. The van der Waals surface area contributed by atoms with Crippen molar-refractivity contribution in [3.05, 3.63) is 87.9 Å². The first kappa shape index (κ1) is 23.3. The molecule has 0 aliphatic carbocycles. The van der Waals surface area contributed by atoms with E-state index in [1.165, 1.54) is 18.2 Å². The van der Waals surface area contributed by atoms with Gasteiger partial charge in [0.25, 0.3) is 5.91 Å². The molecule has 3 aromatic carbocycles. The smallest absolute Gasteiger partial charge is 0.262 e. The van der Waals surface area contributed by atoms with Crippen molar-refractivity contribution in [3.8, 4) is 5.75 Å². The van der Waals surface area contributed by atoms with Crippen LogP contribution in [-0.2, 0) is 14.8 Å². The monoisotopic (exact) mass is 522 g/mol. The van der Waals surface area contributed by atoms with E-state index in [0.29, 0.717) is 5.69 Å². The summed E-state index contributed by atoms with van der Waals surface area (Å²) >= 11 is 9.55. The molecular formula is C22H20BrClN2O4S. The molecule has 0 radical (unpaired) electrons. The summed E-state index contributed by atoms with van der Waals surface area (Å²) in [5.41, 5.74) is 1.45. The molecule has 0 aromatic heterocycles. The molecule has 6 nitrogen and oxygen atoms in total. The first-order chi connectivity index (χ1) is 14.8. The minimum atomic E-state index is -3.80. The van der Waals surface area contributed by atoms with Crippen molar-refractivity contribution in [1.29, 1.82) is 0 Å². The Morgan fingerprint density at radius 2 is 1.74 bits per heavy atom. The summed E-state index contributed by atoms with van der Waals surface area (Å²) in [6, 6.07) is 20.1. The van der Waals surface area contributed by atoms with E-state index in [0.717, 1.165) is 10.0 Å². The van der Waals surface area contributed by atoms with Crippen molar-refractivity contribution in [2.45, 2.75) is 17.9 Å². The number of carbonyl (C=O) groups excluding carboxylic acids is 1. The maximum absolute atomic E-state index is 12.7. The maximum atomic E-state index is 12.7. The van der Waals surface area contributed by atoms with Crippen molar-refractivity contribution in [3.63, 3.8) is 0 Å². The average Bonchev–Trinajstić information content (AvgIpc) is 2.75. The largest absolute Gasteiger partial charge is 0.482 e. The van der Waals surface area contributed by atoms with Crippen LogP contribution in [0.15, 0.2) is 82.2 Å². The molecule has 1 atom stereocenters. The Labute approximate surface area is 194 Å². The van der Waals surface area contributed by atoms with Gasteiger partial charge in [0.1, 0.15) is 5.75 Å². The molecule has 31 heavy (non-hydrogen) atoms. The molecule has 0 saturated carbocycles. The van der Waals surface area contributed by atoms with Crippen LogP contribution in [0.1, 0.15) is 18.5 Å². The van der Waals surface area contributed by atoms with Gasteiger partial charge in [-0.3, -0.25) is 4.79 Å². The molecule has 1 amide bonds. The zero-order valence-electron chi connectivity index (χ0n) is 16.5. The van der Waals surface area contributed by atoms with Crippen LogP contribution in [-0.4, -0.2) is 20.9 Å². The van der Waals surface area contributed by atoms with Crippen molar-refractivity contribution < 1.29 is 17.9 Å². The number of amides is 1. The number of sulfonamides is 1. The fourth-order valence-electron chi connectivity index (χ4n) is 2.77. The first-order valence-corrected chi connectivity index (χ1v) is 12.0. The molecule has 0 heterocycles. The molecule has 3 rings (SSSR count). The van der Waals surface area contributed by atoms with E-state index in [9.17, 15) is 13.2 Å². The second-order valence-corrected chi connectivity index (χ2v) is 9.64. The van der Waals surface area contributed by atoms with Crippen LogP contribution in [0.3, 0.4) is 0 Å². The van der Waals surface area contributed by atoms with E-state index in [1.54, 1.807) is 25.1 Å². The molecule has 0 bridgehead atoms. The number of hydrogen-bond acceptors (Lipinski definition) is 4. The normalized spacial score (nSPS) is 12.2. The lowest BCUT2D eigenvalue weighted by Crippen LogP contribution is -2.27. The zero-order valence-corrected chi connectivity index (χ0v) is 19.7. The van der Waals surface area contributed by atoms with Gasteiger partial charge in [0.2, 0.25) is 10.0 Å². The van der Waals surface area contributed by atoms with Gasteiger partial charge in [-0.05, 0) is 58.7 Å². The minimum Gasteiger partial charge on any atom is -0.482 e. The Hall–Kier alpha value is -2.39. The number of hydrogen-bond donors (Lipinski definition) is 2. The summed E-state index contributed by atoms with van der Waals surface area (Å²) in [7, 11) is -3.80. The number of carbonyl (C=O) groups is 1. The average molecular weight is 524 g/mol. The summed E-state index contributed by atoms with van der Waals surface area (Å²) in [5.74, 6) is -0.169. The molecule has 0 unspecified atom stereocenters. The van der Waals surface area contributed by atoms with Crippen molar-refractivity contribution >= 4 is 49.1 Å². The standard InChI is InChI=1S/C22H20BrClN2O4S/c1-15(16-7-3-2-4-8-16)26-31(28,29)17-11-12-21(19(24)13-17)30-14-22(27)25-20-10-6-5-9-18(20)23/h2-13,15,26H,14H2,1H3,(H,25,27)/t15-/m1/s1. The van der Waals surface area contributed by atoms with Gasteiger partial charge in [0.15, 0.2) is 6.61 Å². The lowest BCUT2D eigenvalue weighted by Gasteiger charge is -2.15. The van der Waals surface area contributed by atoms with E-state index in [2.05, 4.69) is 26.0 Å². The molecule has 0 spiro atoms. The fraction of sp³-hybridized carbons (Fsp3) is 0.136. The van der Waals surface area contributed by atoms with E-state index >= 15 is 0 Å². The molecular weight excluding hydrogens is 504 g/mol. The van der Waals surface area contributed by atoms with Crippen LogP contribution in [0.4, 0.5) is 5.69 Å². The van der Waals surface area contributed by atoms with Gasteiger partial charge in [-0.15, -0.1) is 0 Å². The van der Waals surface area contributed by atoms with Crippen LogP contribution in [0.25, 0.3) is 0 Å². The fourth-order valence-corrected chi connectivity index (χ4v) is 4.71. The van der Waals surface area contributed by atoms with Gasteiger partial charge >= 0.3 is 0 Å². The highest BCUT2D eigenvalue weighted by molar-refractivity contribution is 9.10. The first-order valence-electron chi connectivity index (χ1n) is 9.30. The Kier molecular flexibility index (Phi) is 7.72. The summed E-state index contributed by atoms with van der Waals surface area (Å²) in [5, 5.41) is 2.80. The number of ether oxygens (including phenoxy) is 1. The number of rotatable bonds is 8. The molecule has 0 aliphatic rings. The Bertz CT molecular complexity index is 1170. The molecule has 3 aromatic rings. The van der Waals surface area contributed by atoms with Crippen LogP contribution >= 0.6 is 27.5 Å². The summed E-state index contributed by atoms with van der Waals surface area (Å²) in [6.07, 6.45) is 0. The van der Waals surface area contributed by atoms with E-state index in [4.69, 9.17) is 16.3 Å². The predicted molar refractivity (Wildman–Crippen MR) is 125 cm³/mol. The minimum absolute atomic E-state index is 0.00491. The highest BCUT2D eigenvalue weighted by Gasteiger charge is 2.20. The molecule has 2 N–H and O–H groups in total. The summed E-state index contributed by atoms with van der Waals surface area (Å²) in [6.45, 7) is 1.48. The number of benzene rings is 3. The summed E-state index contributed by atoms with van der Waals surface area (Å²) in [4.78, 5) is 12.1. The number of halogens is 2. The highest BCUT2D eigenvalue weighted by atomic mass is 79.9. The van der Waals surface area contributed by atoms with Gasteiger partial charge in [-0.2, -0.15) is 0 Å². The van der Waals surface area contributed by atoms with E-state index in [1.807, 2.05) is 36.4 Å². The third-order valence-electron chi connectivity index (χ3n) is 4.35. The van der Waals surface area contributed by atoms with Crippen LogP contribution < -0.4 is 14.8 Å². The Balaban J connectivity index is 1.64. The SMILES string of the molecule is C[C@@H](NS(=O)(=O)c1ccc(OCC(=O)Nc2ccccc2Br)c(Cl)c1)c1ccccc1. The Morgan fingerprint density at radius 1 is 1.06 bits per heavy atom. The molecule has 0 aliphatic heterocycles. The Morgan fingerprint density at radius 3 is 2.42 bits per heavy atom. The summed E-state index contributed by atoms with van der Waals surface area (Å²) < 4.78 is 34.2. The molecule has 9 heteroatoms. The second-order valence-electron chi connectivity index (χ2n) is 6.66. The maximum Gasteiger partial charge on any atom is 0.262 e. The van der Waals surface area contributed by atoms with Crippen molar-refractivity contribution in [1.82, 2.24) is 4.72 Å². The van der Waals surface area contributed by atoms with Gasteiger partial charge in [0, 0.05) is 10.5 Å². The third kappa shape index (κ3) is 6.30. The van der Waals surface area contributed by atoms with Gasteiger partial charge in [-0.1, -0.05) is 54.1 Å².